The van der Waals surface area contributed by atoms with Gasteiger partial charge in [-0.15, -0.1) is 0 Å². The number of furan rings is 1. The number of rotatable bonds is 3. The summed E-state index contributed by atoms with van der Waals surface area (Å²) in [4.78, 5) is 0. The molecular weight excluding hydrogens is 388 g/mol. The van der Waals surface area contributed by atoms with E-state index in [1.807, 2.05) is 0 Å². The second-order valence-corrected chi connectivity index (χ2v) is 9.13. The average Bonchev–Trinajstić information content (AvgIpc) is 3.23. The van der Waals surface area contributed by atoms with E-state index in [0.29, 0.717) is 11.8 Å². The zero-order chi connectivity index (χ0) is 21.8. The van der Waals surface area contributed by atoms with Crippen LogP contribution in [-0.2, 0) is 0 Å². The third kappa shape index (κ3) is 2.71. The molecule has 0 bridgehead atoms. The Morgan fingerprint density at radius 2 is 1.34 bits per heavy atom. The minimum atomic E-state index is 0.342. The molecule has 0 N–H and O–H groups in total. The SMILES string of the molecule is CC(C)c1cccc2c1-c1oc(-c3ccccc3-c3ccccc3)c3cccc(c13)C2C. The Labute approximate surface area is 189 Å². The summed E-state index contributed by atoms with van der Waals surface area (Å²) in [6.45, 7) is 6.87. The second-order valence-electron chi connectivity index (χ2n) is 9.13. The Morgan fingerprint density at radius 1 is 0.656 bits per heavy atom. The largest absolute Gasteiger partial charge is 0.455 e. The molecule has 0 saturated carbocycles. The lowest BCUT2D eigenvalue weighted by molar-refractivity contribution is 0.597. The molecule has 0 amide bonds. The van der Waals surface area contributed by atoms with Crippen LogP contribution in [0.15, 0.2) is 95.4 Å². The summed E-state index contributed by atoms with van der Waals surface area (Å²) in [5, 5.41) is 2.48. The zero-order valence-electron chi connectivity index (χ0n) is 18.7. The Kier molecular flexibility index (Phi) is 4.33. The second kappa shape index (κ2) is 7.24. The third-order valence-electron chi connectivity index (χ3n) is 6.94. The molecule has 1 aliphatic rings. The predicted molar refractivity (Wildman–Crippen MR) is 134 cm³/mol. The van der Waals surface area contributed by atoms with Gasteiger partial charge in [0.15, 0.2) is 0 Å². The Bertz CT molecular complexity index is 1450. The van der Waals surface area contributed by atoms with Crippen LogP contribution >= 0.6 is 0 Å². The summed E-state index contributed by atoms with van der Waals surface area (Å²) in [5.41, 5.74) is 8.93. The van der Waals surface area contributed by atoms with Gasteiger partial charge in [-0.1, -0.05) is 112 Å². The lowest BCUT2D eigenvalue weighted by Gasteiger charge is -2.25. The average molecular weight is 415 g/mol. The van der Waals surface area contributed by atoms with Gasteiger partial charge in [-0.2, -0.15) is 0 Å². The summed E-state index contributed by atoms with van der Waals surface area (Å²) in [6, 6.07) is 32.6. The highest BCUT2D eigenvalue weighted by Gasteiger charge is 2.31. The predicted octanol–water partition coefficient (Wildman–Crippen LogP) is 9.02. The minimum Gasteiger partial charge on any atom is -0.455 e. The molecule has 5 aromatic rings. The van der Waals surface area contributed by atoms with Gasteiger partial charge in [-0.3, -0.25) is 0 Å². The van der Waals surface area contributed by atoms with Crippen molar-refractivity contribution in [3.63, 3.8) is 0 Å². The highest BCUT2D eigenvalue weighted by molar-refractivity contribution is 6.08. The lowest BCUT2D eigenvalue weighted by atomic mass is 9.77. The van der Waals surface area contributed by atoms with Gasteiger partial charge in [-0.25, -0.2) is 0 Å². The fraction of sp³-hybridized carbons (Fsp3) is 0.161. The van der Waals surface area contributed by atoms with Crippen LogP contribution in [0.4, 0.5) is 0 Å². The first-order chi connectivity index (χ1) is 15.6. The van der Waals surface area contributed by atoms with Crippen molar-refractivity contribution in [2.45, 2.75) is 32.6 Å². The van der Waals surface area contributed by atoms with Crippen LogP contribution in [-0.4, -0.2) is 0 Å². The monoisotopic (exact) mass is 414 g/mol. The first-order valence-electron chi connectivity index (χ1n) is 11.5. The number of benzene rings is 4. The summed E-state index contributed by atoms with van der Waals surface area (Å²) in [5.74, 6) is 2.78. The van der Waals surface area contributed by atoms with Crippen LogP contribution < -0.4 is 0 Å². The Morgan fingerprint density at radius 3 is 2.12 bits per heavy atom. The van der Waals surface area contributed by atoms with E-state index in [4.69, 9.17) is 4.42 Å². The fourth-order valence-corrected chi connectivity index (χ4v) is 5.37. The van der Waals surface area contributed by atoms with E-state index in [9.17, 15) is 0 Å². The first kappa shape index (κ1) is 19.1. The van der Waals surface area contributed by atoms with Crippen molar-refractivity contribution < 1.29 is 4.42 Å². The topological polar surface area (TPSA) is 13.1 Å². The summed E-state index contributed by atoms with van der Waals surface area (Å²) in [6.07, 6.45) is 0. The molecule has 1 aliphatic carbocycles. The van der Waals surface area contributed by atoms with Crippen molar-refractivity contribution in [1.82, 2.24) is 0 Å². The molecule has 0 fully saturated rings. The van der Waals surface area contributed by atoms with Crippen molar-refractivity contribution in [1.29, 1.82) is 0 Å². The van der Waals surface area contributed by atoms with Crippen LogP contribution in [0.1, 0.15) is 49.3 Å². The molecule has 1 heteroatoms. The van der Waals surface area contributed by atoms with Crippen LogP contribution in [0.2, 0.25) is 0 Å². The molecule has 32 heavy (non-hydrogen) atoms. The highest BCUT2D eigenvalue weighted by Crippen LogP contribution is 2.52. The van der Waals surface area contributed by atoms with Crippen LogP contribution in [0.25, 0.3) is 44.5 Å². The van der Waals surface area contributed by atoms with Gasteiger partial charge in [0, 0.05) is 27.8 Å². The maximum absolute atomic E-state index is 6.86. The number of fused-ring (bicyclic) bond motifs is 2. The van der Waals surface area contributed by atoms with Crippen LogP contribution in [0.3, 0.4) is 0 Å². The van der Waals surface area contributed by atoms with Crippen LogP contribution in [0.5, 0.6) is 0 Å². The normalized spacial score (nSPS) is 14.7. The Balaban J connectivity index is 1.70. The van der Waals surface area contributed by atoms with Gasteiger partial charge in [0.05, 0.1) is 0 Å². The molecular formula is C31H26O. The van der Waals surface area contributed by atoms with Crippen molar-refractivity contribution in [3.8, 4) is 33.8 Å². The van der Waals surface area contributed by atoms with E-state index in [0.717, 1.165) is 17.1 Å². The fourth-order valence-electron chi connectivity index (χ4n) is 5.37. The molecule has 0 aliphatic heterocycles. The lowest BCUT2D eigenvalue weighted by Crippen LogP contribution is -2.07. The van der Waals surface area contributed by atoms with Gasteiger partial charge in [0.2, 0.25) is 0 Å². The maximum Gasteiger partial charge on any atom is 0.143 e. The summed E-state index contributed by atoms with van der Waals surface area (Å²) in [7, 11) is 0. The summed E-state index contributed by atoms with van der Waals surface area (Å²) < 4.78 is 6.86. The van der Waals surface area contributed by atoms with Gasteiger partial charge in [-0.05, 0) is 33.7 Å². The molecule has 0 spiro atoms. The van der Waals surface area contributed by atoms with E-state index in [2.05, 4.69) is 112 Å². The Hall–Kier alpha value is -3.58. The third-order valence-corrected chi connectivity index (χ3v) is 6.94. The molecule has 1 nitrogen and oxygen atoms in total. The van der Waals surface area contributed by atoms with Crippen molar-refractivity contribution in [2.75, 3.05) is 0 Å². The zero-order valence-corrected chi connectivity index (χ0v) is 18.7. The first-order valence-corrected chi connectivity index (χ1v) is 11.5. The molecule has 1 atom stereocenters. The summed E-state index contributed by atoms with van der Waals surface area (Å²) >= 11 is 0. The van der Waals surface area contributed by atoms with E-state index >= 15 is 0 Å². The van der Waals surface area contributed by atoms with Gasteiger partial charge >= 0.3 is 0 Å². The van der Waals surface area contributed by atoms with E-state index in [-0.39, 0.29) is 0 Å². The highest BCUT2D eigenvalue weighted by atomic mass is 16.3. The van der Waals surface area contributed by atoms with Crippen molar-refractivity contribution >= 4 is 10.8 Å². The smallest absolute Gasteiger partial charge is 0.143 e. The van der Waals surface area contributed by atoms with Crippen LogP contribution in [0, 0.1) is 0 Å². The van der Waals surface area contributed by atoms with E-state index < -0.39 is 0 Å². The minimum absolute atomic E-state index is 0.342. The standard InChI is InChI=1S/C31H26O/c1-19(2)22-15-9-16-23-20(3)24-17-10-18-27-29(24)31(28(22)23)32-30(27)26-14-8-7-13-25(26)21-11-5-4-6-12-21/h4-20H,1-3H3. The maximum atomic E-state index is 6.86. The number of hydrogen-bond donors (Lipinski definition) is 0. The van der Waals surface area contributed by atoms with Gasteiger partial charge < -0.3 is 4.42 Å². The quantitative estimate of drug-likeness (QED) is 0.287. The van der Waals surface area contributed by atoms with Crippen molar-refractivity contribution in [2.24, 2.45) is 0 Å². The van der Waals surface area contributed by atoms with E-state index in [1.54, 1.807) is 0 Å². The molecule has 1 unspecified atom stereocenters. The van der Waals surface area contributed by atoms with Gasteiger partial charge in [0.25, 0.3) is 0 Å². The van der Waals surface area contributed by atoms with E-state index in [1.165, 1.54) is 44.2 Å². The number of hydrogen-bond acceptors (Lipinski definition) is 1. The molecule has 156 valence electrons. The molecule has 1 heterocycles. The van der Waals surface area contributed by atoms with Gasteiger partial charge in [0.1, 0.15) is 11.5 Å². The molecule has 0 saturated heterocycles. The molecule has 0 radical (unpaired) electrons. The van der Waals surface area contributed by atoms with Crippen molar-refractivity contribution in [3.05, 3.63) is 108 Å². The molecule has 4 aromatic carbocycles. The molecule has 1 aromatic heterocycles. The molecule has 6 rings (SSSR count).